The van der Waals surface area contributed by atoms with Crippen LogP contribution in [-0.4, -0.2) is 6.16 Å². The fourth-order valence-corrected chi connectivity index (χ4v) is 8.92. The molecule has 0 fully saturated rings. The molecule has 0 N–H and O–H groups in total. The van der Waals surface area contributed by atoms with E-state index < -0.39 is 7.26 Å². The van der Waals surface area contributed by atoms with Crippen LogP contribution >= 0.6 is 7.26 Å². The number of hydrogen-bond acceptors (Lipinski definition) is 0. The summed E-state index contributed by atoms with van der Waals surface area (Å²) in [6.07, 6.45) is 16.3. The zero-order valence-electron chi connectivity index (χ0n) is 19.7. The second-order valence-corrected chi connectivity index (χ2v) is 12.2. The Hall–Kier alpha value is -2.43. The molecular weight excluding hydrogens is 403 g/mol. The van der Waals surface area contributed by atoms with E-state index in [2.05, 4.69) is 129 Å². The van der Waals surface area contributed by atoms with Crippen molar-refractivity contribution in [2.75, 3.05) is 6.16 Å². The van der Waals surface area contributed by atoms with E-state index in [-0.39, 0.29) is 0 Å². The van der Waals surface area contributed by atoms with Crippen LogP contribution in [-0.2, 0) is 0 Å². The van der Waals surface area contributed by atoms with Gasteiger partial charge >= 0.3 is 0 Å². The van der Waals surface area contributed by atoms with Gasteiger partial charge in [0.25, 0.3) is 0 Å². The minimum atomic E-state index is -1.69. The summed E-state index contributed by atoms with van der Waals surface area (Å²) in [5.74, 6) is 0.710. The van der Waals surface area contributed by atoms with Crippen LogP contribution in [0.3, 0.4) is 0 Å². The van der Waals surface area contributed by atoms with E-state index in [4.69, 9.17) is 0 Å². The highest BCUT2D eigenvalue weighted by atomic mass is 31.2. The van der Waals surface area contributed by atoms with Crippen LogP contribution in [0.1, 0.15) is 46.0 Å². The number of rotatable bonds is 12. The minimum absolute atomic E-state index is 0.710. The monoisotopic (exact) mass is 441 g/mol. The quantitative estimate of drug-likeness (QED) is 0.199. The molecule has 0 aliphatic rings. The van der Waals surface area contributed by atoms with Crippen molar-refractivity contribution in [2.45, 2.75) is 46.0 Å². The predicted octanol–water partition coefficient (Wildman–Crippen LogP) is 7.70. The Bertz CT molecular complexity index is 845. The molecule has 0 spiro atoms. The predicted molar refractivity (Wildman–Crippen MR) is 146 cm³/mol. The van der Waals surface area contributed by atoms with E-state index in [0.29, 0.717) is 5.92 Å². The van der Waals surface area contributed by atoms with Crippen molar-refractivity contribution in [3.8, 4) is 0 Å². The molecule has 1 heteroatoms. The highest BCUT2D eigenvalue weighted by molar-refractivity contribution is 7.95. The number of allylic oxidation sites excluding steroid dienone is 4. The van der Waals surface area contributed by atoms with Crippen LogP contribution in [0.5, 0.6) is 0 Å². The lowest BCUT2D eigenvalue weighted by Gasteiger charge is -2.28. The number of hydrogen-bond donors (Lipinski definition) is 0. The van der Waals surface area contributed by atoms with Gasteiger partial charge in [0.05, 0.1) is 6.16 Å². The van der Waals surface area contributed by atoms with Crippen molar-refractivity contribution in [3.63, 3.8) is 0 Å². The molecule has 166 valence electrons. The van der Waals surface area contributed by atoms with Crippen molar-refractivity contribution in [1.82, 2.24) is 0 Å². The van der Waals surface area contributed by atoms with E-state index in [9.17, 15) is 0 Å². The van der Waals surface area contributed by atoms with Crippen LogP contribution in [0.15, 0.2) is 115 Å². The first-order valence-electron chi connectivity index (χ1n) is 12.1. The average molecular weight is 442 g/mol. The van der Waals surface area contributed by atoms with Crippen LogP contribution in [0.2, 0.25) is 0 Å². The van der Waals surface area contributed by atoms with Gasteiger partial charge in [-0.15, -0.1) is 0 Å². The molecule has 3 aromatic rings. The molecule has 0 nitrogen and oxygen atoms in total. The maximum atomic E-state index is 2.43. The van der Waals surface area contributed by atoms with Crippen molar-refractivity contribution >= 4 is 23.2 Å². The van der Waals surface area contributed by atoms with Crippen LogP contribution in [0.25, 0.3) is 0 Å². The third kappa shape index (κ3) is 6.54. The van der Waals surface area contributed by atoms with Gasteiger partial charge in [-0.05, 0) is 74.4 Å². The summed E-state index contributed by atoms with van der Waals surface area (Å²) in [7, 11) is -1.69. The summed E-state index contributed by atoms with van der Waals surface area (Å²) in [6, 6.07) is 33.8. The molecule has 1 atom stereocenters. The third-order valence-electron chi connectivity index (χ3n) is 6.22. The van der Waals surface area contributed by atoms with E-state index in [1.165, 1.54) is 41.3 Å². The lowest BCUT2D eigenvalue weighted by Crippen LogP contribution is -2.33. The van der Waals surface area contributed by atoms with Crippen molar-refractivity contribution in [3.05, 3.63) is 115 Å². The fraction of sp³-hybridized carbons (Fsp3) is 0.290. The summed E-state index contributed by atoms with van der Waals surface area (Å²) in [4.78, 5) is 0. The smallest absolute Gasteiger partial charge is 0.0885 e. The maximum Gasteiger partial charge on any atom is 0.112 e. The van der Waals surface area contributed by atoms with Gasteiger partial charge in [0.2, 0.25) is 0 Å². The fourth-order valence-electron chi connectivity index (χ4n) is 4.38. The standard InChI is InChI=1S/C31H38P/c1-3-4-5-6-7-8-12-19-28(2)26-27-32(29-20-13-9-14-21-29,30-22-15-10-16-23-30)31-24-17-11-18-25-31/h4-5,7-11,13-18,20-25,28H,3,6,12,19,26-27H2,1-2H3/q+1. The van der Waals surface area contributed by atoms with Gasteiger partial charge in [-0.1, -0.05) is 92.7 Å². The van der Waals surface area contributed by atoms with Gasteiger partial charge in [0.1, 0.15) is 23.2 Å². The molecule has 0 saturated heterocycles. The Balaban J connectivity index is 1.82. The lowest BCUT2D eigenvalue weighted by molar-refractivity contribution is 0.524. The first-order chi connectivity index (χ1) is 15.8. The SMILES string of the molecule is CCC=CCC=CCCC(C)CC[P+](c1ccccc1)(c1ccccc1)c1ccccc1. The molecule has 0 aromatic heterocycles. The largest absolute Gasteiger partial charge is 0.112 e. The molecule has 3 aromatic carbocycles. The molecule has 0 saturated carbocycles. The topological polar surface area (TPSA) is 0 Å². The summed E-state index contributed by atoms with van der Waals surface area (Å²) in [6.45, 7) is 4.62. The van der Waals surface area contributed by atoms with Gasteiger partial charge in [0.15, 0.2) is 0 Å². The minimum Gasteiger partial charge on any atom is -0.0885 e. The molecule has 0 radical (unpaired) electrons. The molecule has 0 bridgehead atoms. The zero-order chi connectivity index (χ0) is 22.5. The molecular formula is C31H38P+. The van der Waals surface area contributed by atoms with Gasteiger partial charge in [-0.25, -0.2) is 0 Å². The molecule has 1 unspecified atom stereocenters. The third-order valence-corrected chi connectivity index (χ3v) is 10.7. The van der Waals surface area contributed by atoms with E-state index in [1.54, 1.807) is 0 Å². The van der Waals surface area contributed by atoms with Crippen LogP contribution < -0.4 is 15.9 Å². The van der Waals surface area contributed by atoms with Crippen molar-refractivity contribution < 1.29 is 0 Å². The Morgan fingerprint density at radius 3 is 1.56 bits per heavy atom. The first kappa shape index (κ1) is 24.2. The first-order valence-corrected chi connectivity index (χ1v) is 14.1. The summed E-state index contributed by atoms with van der Waals surface area (Å²) < 4.78 is 0. The van der Waals surface area contributed by atoms with E-state index in [0.717, 1.165) is 12.8 Å². The van der Waals surface area contributed by atoms with Gasteiger partial charge in [-0.3, -0.25) is 0 Å². The van der Waals surface area contributed by atoms with E-state index >= 15 is 0 Å². The highest BCUT2D eigenvalue weighted by Gasteiger charge is 2.44. The summed E-state index contributed by atoms with van der Waals surface area (Å²) in [5, 5.41) is 4.48. The normalized spacial score (nSPS) is 13.1. The van der Waals surface area contributed by atoms with Crippen molar-refractivity contribution in [1.29, 1.82) is 0 Å². The molecule has 0 aliphatic heterocycles. The van der Waals surface area contributed by atoms with Crippen LogP contribution in [0, 0.1) is 5.92 Å². The second kappa shape index (κ2) is 13.2. The molecule has 32 heavy (non-hydrogen) atoms. The lowest BCUT2D eigenvalue weighted by atomic mass is 10.0. The molecule has 0 heterocycles. The second-order valence-electron chi connectivity index (χ2n) is 8.60. The Kier molecular flexibility index (Phi) is 9.98. The number of benzene rings is 3. The highest BCUT2D eigenvalue weighted by Crippen LogP contribution is 2.56. The summed E-state index contributed by atoms with van der Waals surface area (Å²) >= 11 is 0. The van der Waals surface area contributed by atoms with Crippen LogP contribution in [0.4, 0.5) is 0 Å². The van der Waals surface area contributed by atoms with Gasteiger partial charge in [-0.2, -0.15) is 0 Å². The Morgan fingerprint density at radius 2 is 1.09 bits per heavy atom. The van der Waals surface area contributed by atoms with Crippen molar-refractivity contribution in [2.24, 2.45) is 5.92 Å². The summed E-state index contributed by atoms with van der Waals surface area (Å²) in [5.41, 5.74) is 0. The molecule has 0 aliphatic carbocycles. The molecule has 0 amide bonds. The zero-order valence-corrected chi connectivity index (χ0v) is 20.6. The average Bonchev–Trinajstić information content (AvgIpc) is 2.86. The Morgan fingerprint density at radius 1 is 0.625 bits per heavy atom. The Labute approximate surface area is 196 Å². The van der Waals surface area contributed by atoms with Gasteiger partial charge < -0.3 is 0 Å². The maximum absolute atomic E-state index is 2.43. The molecule has 3 rings (SSSR count). The van der Waals surface area contributed by atoms with E-state index in [1.807, 2.05) is 0 Å². The van der Waals surface area contributed by atoms with Gasteiger partial charge in [0, 0.05) is 0 Å².